The third-order valence-corrected chi connectivity index (χ3v) is 7.26. The van der Waals surface area contributed by atoms with Gasteiger partial charge >= 0.3 is 0 Å². The molecule has 0 spiro atoms. The quantitative estimate of drug-likeness (QED) is 0.753. The van der Waals surface area contributed by atoms with Gasteiger partial charge in [0, 0.05) is 36.9 Å². The van der Waals surface area contributed by atoms with E-state index >= 15 is 0 Å². The van der Waals surface area contributed by atoms with E-state index in [4.69, 9.17) is 0 Å². The Balaban J connectivity index is 1.51. The number of hydrogen-bond acceptors (Lipinski definition) is 4. The number of hydrogen-bond donors (Lipinski definition) is 1. The fourth-order valence-electron chi connectivity index (χ4n) is 4.34. The van der Waals surface area contributed by atoms with Crippen LogP contribution in [-0.2, 0) is 9.59 Å². The summed E-state index contributed by atoms with van der Waals surface area (Å²) in [5.41, 5.74) is 0. The molecule has 1 aromatic heterocycles. The molecule has 0 bridgehead atoms. The molecule has 2 aliphatic heterocycles. The van der Waals surface area contributed by atoms with Gasteiger partial charge in [-0.2, -0.15) is 0 Å². The maximum Gasteiger partial charge on any atom is 0.223 e. The van der Waals surface area contributed by atoms with Crippen LogP contribution in [0.15, 0.2) is 17.5 Å². The Morgan fingerprint density at radius 1 is 1.18 bits per heavy atom. The van der Waals surface area contributed by atoms with Crippen molar-refractivity contribution in [2.45, 2.75) is 58.4 Å². The van der Waals surface area contributed by atoms with Gasteiger partial charge in [0.15, 0.2) is 0 Å². The van der Waals surface area contributed by atoms with Crippen LogP contribution >= 0.6 is 11.3 Å². The van der Waals surface area contributed by atoms with Crippen molar-refractivity contribution in [1.29, 1.82) is 0 Å². The van der Waals surface area contributed by atoms with E-state index in [-0.39, 0.29) is 23.8 Å². The lowest BCUT2D eigenvalue weighted by molar-refractivity contribution is -0.135. The summed E-state index contributed by atoms with van der Waals surface area (Å²) < 4.78 is 0. The summed E-state index contributed by atoms with van der Waals surface area (Å²) >= 11 is 1.78. The summed E-state index contributed by atoms with van der Waals surface area (Å²) in [5.74, 6) is 1.24. The molecule has 0 radical (unpaired) electrons. The van der Waals surface area contributed by atoms with E-state index in [1.165, 1.54) is 17.7 Å². The molecule has 2 aliphatic rings. The van der Waals surface area contributed by atoms with Crippen LogP contribution in [0.2, 0.25) is 0 Å². The minimum Gasteiger partial charge on any atom is -0.354 e. The van der Waals surface area contributed by atoms with Crippen LogP contribution in [0.3, 0.4) is 0 Å². The highest BCUT2D eigenvalue weighted by molar-refractivity contribution is 7.10. The van der Waals surface area contributed by atoms with Crippen LogP contribution in [-0.4, -0.2) is 54.3 Å². The van der Waals surface area contributed by atoms with Crippen LogP contribution in [0.1, 0.15) is 63.3 Å². The van der Waals surface area contributed by atoms with E-state index in [9.17, 15) is 9.59 Å². The Kier molecular flexibility index (Phi) is 7.91. The number of rotatable bonds is 7. The predicted octanol–water partition coefficient (Wildman–Crippen LogP) is 3.68. The Bertz CT molecular complexity index is 618. The van der Waals surface area contributed by atoms with Crippen molar-refractivity contribution in [3.05, 3.63) is 22.4 Å². The fourth-order valence-corrected chi connectivity index (χ4v) is 5.20. The number of likely N-dealkylation sites (tertiary alicyclic amines) is 2. The van der Waals surface area contributed by atoms with Gasteiger partial charge in [0.25, 0.3) is 0 Å². The number of amides is 2. The van der Waals surface area contributed by atoms with Gasteiger partial charge in [0.05, 0.1) is 6.04 Å². The molecule has 1 atom stereocenters. The number of carbonyl (C=O) groups excluding carboxylic acids is 2. The second-order valence-electron chi connectivity index (χ2n) is 8.40. The molecule has 2 amide bonds. The molecule has 3 heterocycles. The molecule has 5 nitrogen and oxygen atoms in total. The van der Waals surface area contributed by atoms with Gasteiger partial charge in [0.2, 0.25) is 11.8 Å². The summed E-state index contributed by atoms with van der Waals surface area (Å²) in [6.07, 6.45) is 5.55. The van der Waals surface area contributed by atoms with E-state index < -0.39 is 0 Å². The minimum atomic E-state index is 0.0380. The zero-order chi connectivity index (χ0) is 19.9. The van der Waals surface area contributed by atoms with Gasteiger partial charge in [-0.3, -0.25) is 14.5 Å². The predicted molar refractivity (Wildman–Crippen MR) is 114 cm³/mol. The summed E-state index contributed by atoms with van der Waals surface area (Å²) in [6.45, 7) is 8.70. The topological polar surface area (TPSA) is 52.7 Å². The van der Waals surface area contributed by atoms with Crippen molar-refractivity contribution in [3.8, 4) is 0 Å². The largest absolute Gasteiger partial charge is 0.354 e. The van der Waals surface area contributed by atoms with Crippen molar-refractivity contribution in [2.24, 2.45) is 11.8 Å². The number of piperidine rings is 2. The lowest BCUT2D eigenvalue weighted by atomic mass is 9.95. The Labute approximate surface area is 173 Å². The first kappa shape index (κ1) is 21.3. The van der Waals surface area contributed by atoms with Gasteiger partial charge in [-0.25, -0.2) is 0 Å². The van der Waals surface area contributed by atoms with Gasteiger partial charge in [-0.1, -0.05) is 19.9 Å². The number of nitrogens with zero attached hydrogens (tertiary/aromatic N) is 2. The standard InChI is InChI=1S/C22H35N3O2S/c1-3-5-21(26)25-13-9-18(10-14-25)22(27)23-16-19(20-6-4-15-28-20)24-11-7-17(2)8-12-24/h4,6,15,17-19H,3,5,7-14,16H2,1-2H3,(H,23,27). The molecule has 2 saturated heterocycles. The molecule has 1 unspecified atom stereocenters. The third-order valence-electron chi connectivity index (χ3n) is 6.28. The average molecular weight is 406 g/mol. The zero-order valence-corrected chi connectivity index (χ0v) is 18.2. The van der Waals surface area contributed by atoms with Crippen molar-refractivity contribution >= 4 is 23.2 Å². The first-order chi connectivity index (χ1) is 13.6. The molecular formula is C22H35N3O2S. The molecule has 2 fully saturated rings. The SMILES string of the molecule is CCCC(=O)N1CCC(C(=O)NCC(c2cccs2)N2CCC(C)CC2)CC1. The van der Waals surface area contributed by atoms with Crippen LogP contribution in [0.5, 0.6) is 0 Å². The summed E-state index contributed by atoms with van der Waals surface area (Å²) in [4.78, 5) is 30.6. The molecule has 1 aromatic rings. The van der Waals surface area contributed by atoms with E-state index in [0.29, 0.717) is 13.0 Å². The smallest absolute Gasteiger partial charge is 0.223 e. The summed E-state index contributed by atoms with van der Waals surface area (Å²) in [6, 6.07) is 4.57. The highest BCUT2D eigenvalue weighted by Crippen LogP contribution is 2.29. The van der Waals surface area contributed by atoms with E-state index in [1.54, 1.807) is 11.3 Å². The lowest BCUT2D eigenvalue weighted by Gasteiger charge is -2.37. The highest BCUT2D eigenvalue weighted by Gasteiger charge is 2.29. The lowest BCUT2D eigenvalue weighted by Crippen LogP contribution is -2.45. The number of thiophene rings is 1. The molecule has 0 saturated carbocycles. The maximum atomic E-state index is 12.8. The first-order valence-corrected chi connectivity index (χ1v) is 11.8. The van der Waals surface area contributed by atoms with E-state index in [0.717, 1.165) is 51.4 Å². The molecule has 1 N–H and O–H groups in total. The van der Waals surface area contributed by atoms with Crippen molar-refractivity contribution < 1.29 is 9.59 Å². The minimum absolute atomic E-state index is 0.0380. The van der Waals surface area contributed by atoms with Crippen LogP contribution < -0.4 is 5.32 Å². The van der Waals surface area contributed by atoms with Crippen molar-refractivity contribution in [1.82, 2.24) is 15.1 Å². The third kappa shape index (κ3) is 5.57. The molecule has 28 heavy (non-hydrogen) atoms. The Morgan fingerprint density at radius 2 is 1.89 bits per heavy atom. The first-order valence-electron chi connectivity index (χ1n) is 10.9. The second-order valence-corrected chi connectivity index (χ2v) is 9.38. The number of nitrogens with one attached hydrogen (secondary N) is 1. The normalized spacial score (nSPS) is 20.9. The Morgan fingerprint density at radius 3 is 2.50 bits per heavy atom. The van der Waals surface area contributed by atoms with Crippen molar-refractivity contribution in [3.63, 3.8) is 0 Å². The average Bonchev–Trinajstić information content (AvgIpc) is 3.24. The van der Waals surface area contributed by atoms with E-state index in [1.807, 2.05) is 11.8 Å². The van der Waals surface area contributed by atoms with Crippen LogP contribution in [0, 0.1) is 11.8 Å². The van der Waals surface area contributed by atoms with Gasteiger partial charge in [-0.05, 0) is 62.6 Å². The fraction of sp³-hybridized carbons (Fsp3) is 0.727. The summed E-state index contributed by atoms with van der Waals surface area (Å²) in [7, 11) is 0. The van der Waals surface area contributed by atoms with Crippen molar-refractivity contribution in [2.75, 3.05) is 32.7 Å². The summed E-state index contributed by atoms with van der Waals surface area (Å²) in [5, 5.41) is 5.37. The highest BCUT2D eigenvalue weighted by atomic mass is 32.1. The molecule has 0 aromatic carbocycles. The molecule has 156 valence electrons. The monoisotopic (exact) mass is 405 g/mol. The Hall–Kier alpha value is -1.40. The van der Waals surface area contributed by atoms with Gasteiger partial charge in [0.1, 0.15) is 0 Å². The molecule has 3 rings (SSSR count). The number of carbonyl (C=O) groups is 2. The second kappa shape index (κ2) is 10.4. The zero-order valence-electron chi connectivity index (χ0n) is 17.4. The maximum absolute atomic E-state index is 12.8. The van der Waals surface area contributed by atoms with Gasteiger partial charge < -0.3 is 10.2 Å². The van der Waals surface area contributed by atoms with Crippen LogP contribution in [0.25, 0.3) is 0 Å². The van der Waals surface area contributed by atoms with Crippen LogP contribution in [0.4, 0.5) is 0 Å². The molecular weight excluding hydrogens is 370 g/mol. The van der Waals surface area contributed by atoms with E-state index in [2.05, 4.69) is 34.7 Å². The van der Waals surface area contributed by atoms with Gasteiger partial charge in [-0.15, -0.1) is 11.3 Å². The molecule has 6 heteroatoms. The molecule has 0 aliphatic carbocycles.